The topological polar surface area (TPSA) is 56.1 Å². The van der Waals surface area contributed by atoms with Crippen molar-refractivity contribution in [3.63, 3.8) is 0 Å². The summed E-state index contributed by atoms with van der Waals surface area (Å²) < 4.78 is 12.8. The van der Waals surface area contributed by atoms with E-state index in [2.05, 4.69) is 16.5 Å². The normalized spacial score (nSPS) is 15.1. The summed E-state index contributed by atoms with van der Waals surface area (Å²) in [6.45, 7) is 12.8. The van der Waals surface area contributed by atoms with Crippen LogP contribution >= 0.6 is 0 Å². The lowest BCUT2D eigenvalue weighted by molar-refractivity contribution is 0.0377. The van der Waals surface area contributed by atoms with Gasteiger partial charge in [-0.25, -0.2) is 9.78 Å². The third-order valence-electron chi connectivity index (χ3n) is 4.19. The Balaban J connectivity index is 2.08. The molecule has 24 heavy (non-hydrogen) atoms. The van der Waals surface area contributed by atoms with Crippen molar-refractivity contribution in [2.75, 3.05) is 26.3 Å². The Morgan fingerprint density at radius 3 is 2.75 bits per heavy atom. The third-order valence-corrected chi connectivity index (χ3v) is 4.19. The first-order valence-corrected chi connectivity index (χ1v) is 8.17. The first-order valence-electron chi connectivity index (χ1n) is 8.17. The molecule has 0 N–H and O–H groups in total. The largest absolute Gasteiger partial charge is 0.459 e. The highest BCUT2D eigenvalue weighted by atomic mass is 16.5. The first-order chi connectivity index (χ1) is 11.5. The number of pyridine rings is 1. The van der Waals surface area contributed by atoms with Crippen LogP contribution in [0, 0.1) is 6.92 Å². The number of carbonyl (C=O) groups is 1. The molecule has 3 rings (SSSR count). The second kappa shape index (κ2) is 6.65. The Morgan fingerprint density at radius 2 is 2.08 bits per heavy atom. The van der Waals surface area contributed by atoms with Gasteiger partial charge >= 0.3 is 5.97 Å². The first kappa shape index (κ1) is 16.5. The number of hydrogen-bond donors (Lipinski definition) is 0. The van der Waals surface area contributed by atoms with Gasteiger partial charge in [0.05, 0.1) is 54.3 Å². The highest BCUT2D eigenvalue weighted by Gasteiger charge is 2.22. The fraction of sp³-hybridized carbons (Fsp3) is 0.444. The van der Waals surface area contributed by atoms with Gasteiger partial charge in [-0.05, 0) is 32.4 Å². The molecule has 3 heterocycles. The van der Waals surface area contributed by atoms with E-state index in [0.29, 0.717) is 18.8 Å². The van der Waals surface area contributed by atoms with E-state index < -0.39 is 0 Å². The van der Waals surface area contributed by atoms with E-state index in [9.17, 15) is 4.79 Å². The summed E-state index contributed by atoms with van der Waals surface area (Å²) in [5.41, 5.74) is 4.02. The second-order valence-electron chi connectivity index (χ2n) is 6.22. The number of esters is 1. The van der Waals surface area contributed by atoms with Crippen molar-refractivity contribution >= 4 is 17.2 Å². The summed E-state index contributed by atoms with van der Waals surface area (Å²) in [7, 11) is 0. The van der Waals surface area contributed by atoms with Crippen LogP contribution in [0.25, 0.3) is 11.2 Å². The second-order valence-corrected chi connectivity index (χ2v) is 6.22. The molecule has 2 aromatic heterocycles. The van der Waals surface area contributed by atoms with E-state index in [-0.39, 0.29) is 12.1 Å². The fourth-order valence-corrected chi connectivity index (χ4v) is 2.99. The van der Waals surface area contributed by atoms with E-state index in [1.54, 1.807) is 12.5 Å². The van der Waals surface area contributed by atoms with Gasteiger partial charge in [0.2, 0.25) is 0 Å². The molecule has 0 aromatic carbocycles. The van der Waals surface area contributed by atoms with Crippen molar-refractivity contribution in [2.45, 2.75) is 26.9 Å². The molecule has 0 spiro atoms. The van der Waals surface area contributed by atoms with E-state index >= 15 is 0 Å². The number of ether oxygens (including phenoxy) is 2. The molecule has 1 aliphatic rings. The summed E-state index contributed by atoms with van der Waals surface area (Å²) in [6, 6.07) is 1.82. The molecule has 0 radical (unpaired) electrons. The van der Waals surface area contributed by atoms with Crippen LogP contribution in [0.3, 0.4) is 0 Å². The molecule has 0 aliphatic carbocycles. The number of rotatable bonds is 4. The molecule has 0 bridgehead atoms. The number of morpholine rings is 1. The van der Waals surface area contributed by atoms with Crippen molar-refractivity contribution in [2.24, 2.45) is 0 Å². The van der Waals surface area contributed by atoms with Gasteiger partial charge in [0.1, 0.15) is 0 Å². The molecule has 128 valence electrons. The molecular weight excluding hydrogens is 306 g/mol. The number of imidazole rings is 1. The Morgan fingerprint density at radius 1 is 1.38 bits per heavy atom. The maximum atomic E-state index is 12.5. The summed E-state index contributed by atoms with van der Waals surface area (Å²) in [4.78, 5) is 18.9. The fourth-order valence-electron chi connectivity index (χ4n) is 2.99. The molecule has 0 amide bonds. The smallest absolute Gasteiger partial charge is 0.338 e. The zero-order valence-corrected chi connectivity index (χ0v) is 14.4. The minimum Gasteiger partial charge on any atom is -0.459 e. The maximum Gasteiger partial charge on any atom is 0.338 e. The number of nitrogens with zero attached hydrogens (tertiary/aromatic N) is 3. The van der Waals surface area contributed by atoms with Crippen molar-refractivity contribution in [3.05, 3.63) is 42.0 Å². The van der Waals surface area contributed by atoms with E-state index in [1.807, 2.05) is 31.2 Å². The van der Waals surface area contributed by atoms with Gasteiger partial charge in [-0.1, -0.05) is 6.58 Å². The standard InChI is InChI=1S/C18H23N3O3/c1-12(2)24-18(22)16-9-15-10-19-11-21(15)17(13(16)3)14(4)20-5-7-23-8-6-20/h9-12H,4-8H2,1-3H3. The van der Waals surface area contributed by atoms with Crippen LogP contribution in [0.15, 0.2) is 25.2 Å². The molecule has 2 aromatic rings. The van der Waals surface area contributed by atoms with Crippen LogP contribution < -0.4 is 0 Å². The lowest BCUT2D eigenvalue weighted by Gasteiger charge is -2.31. The molecular formula is C18H23N3O3. The van der Waals surface area contributed by atoms with Gasteiger partial charge in [0, 0.05) is 13.1 Å². The summed E-state index contributed by atoms with van der Waals surface area (Å²) >= 11 is 0. The molecule has 0 unspecified atom stereocenters. The maximum absolute atomic E-state index is 12.5. The monoisotopic (exact) mass is 329 g/mol. The van der Waals surface area contributed by atoms with Crippen LogP contribution in [0.1, 0.15) is 35.5 Å². The number of fused-ring (bicyclic) bond motifs is 1. The Bertz CT molecular complexity index is 773. The predicted molar refractivity (Wildman–Crippen MR) is 91.9 cm³/mol. The molecule has 1 fully saturated rings. The lowest BCUT2D eigenvalue weighted by atomic mass is 10.0. The summed E-state index contributed by atoms with van der Waals surface area (Å²) in [5, 5.41) is 0. The molecule has 1 aliphatic heterocycles. The van der Waals surface area contributed by atoms with Gasteiger partial charge < -0.3 is 14.4 Å². The van der Waals surface area contributed by atoms with Gasteiger partial charge in [-0.15, -0.1) is 0 Å². The van der Waals surface area contributed by atoms with Crippen molar-refractivity contribution in [1.82, 2.24) is 14.3 Å². The highest BCUT2D eigenvalue weighted by Crippen LogP contribution is 2.27. The van der Waals surface area contributed by atoms with Gasteiger partial charge in [0.25, 0.3) is 0 Å². The van der Waals surface area contributed by atoms with E-state index in [4.69, 9.17) is 9.47 Å². The lowest BCUT2D eigenvalue weighted by Crippen LogP contribution is -2.35. The van der Waals surface area contributed by atoms with Crippen molar-refractivity contribution in [1.29, 1.82) is 0 Å². The number of hydrogen-bond acceptors (Lipinski definition) is 5. The van der Waals surface area contributed by atoms with E-state index in [0.717, 1.165) is 35.6 Å². The van der Waals surface area contributed by atoms with Crippen LogP contribution in [-0.4, -0.2) is 52.7 Å². The van der Waals surface area contributed by atoms with E-state index in [1.165, 1.54) is 0 Å². The molecule has 0 saturated carbocycles. The molecule has 6 nitrogen and oxygen atoms in total. The summed E-state index contributed by atoms with van der Waals surface area (Å²) in [5.74, 6) is -0.317. The van der Waals surface area contributed by atoms with Gasteiger partial charge in [0.15, 0.2) is 0 Å². The molecule has 0 atom stereocenters. The average Bonchev–Trinajstić information content (AvgIpc) is 3.01. The van der Waals surface area contributed by atoms with Crippen LogP contribution in [0.4, 0.5) is 0 Å². The zero-order chi connectivity index (χ0) is 17.3. The molecule has 6 heteroatoms. The zero-order valence-electron chi connectivity index (χ0n) is 14.4. The predicted octanol–water partition coefficient (Wildman–Crippen LogP) is 2.51. The number of aromatic nitrogens is 2. The quantitative estimate of drug-likeness (QED) is 0.807. The van der Waals surface area contributed by atoms with Crippen molar-refractivity contribution < 1.29 is 14.3 Å². The van der Waals surface area contributed by atoms with Crippen LogP contribution in [0.2, 0.25) is 0 Å². The molecule has 1 saturated heterocycles. The Hall–Kier alpha value is -2.34. The SMILES string of the molecule is C=C(c1c(C)c(C(=O)OC(C)C)cc2cncn12)N1CCOCC1. The van der Waals surface area contributed by atoms with Crippen LogP contribution in [0.5, 0.6) is 0 Å². The van der Waals surface area contributed by atoms with Crippen LogP contribution in [-0.2, 0) is 9.47 Å². The minimum absolute atomic E-state index is 0.163. The third kappa shape index (κ3) is 3.01. The van der Waals surface area contributed by atoms with Gasteiger partial charge in [-0.3, -0.25) is 4.40 Å². The Labute approximate surface area is 141 Å². The highest BCUT2D eigenvalue weighted by molar-refractivity contribution is 5.94. The average molecular weight is 329 g/mol. The Kier molecular flexibility index (Phi) is 4.57. The minimum atomic E-state index is -0.317. The number of carbonyl (C=O) groups excluding carboxylic acids is 1. The van der Waals surface area contributed by atoms with Gasteiger partial charge in [-0.2, -0.15) is 0 Å². The summed E-state index contributed by atoms with van der Waals surface area (Å²) in [6.07, 6.45) is 3.33. The van der Waals surface area contributed by atoms with Crippen molar-refractivity contribution in [3.8, 4) is 0 Å².